The molecule has 94 valence electrons. The Balaban J connectivity index is 2.15. The van der Waals surface area contributed by atoms with Crippen molar-refractivity contribution >= 4 is 23.1 Å². The molecule has 0 amide bonds. The molecule has 5 heteroatoms. The van der Waals surface area contributed by atoms with Gasteiger partial charge in [-0.15, -0.1) is 0 Å². The highest BCUT2D eigenvalue weighted by molar-refractivity contribution is 6.32. The Kier molecular flexibility index (Phi) is 2.74. The predicted octanol–water partition coefficient (Wildman–Crippen LogP) is 3.04. The lowest BCUT2D eigenvalue weighted by Gasteiger charge is -2.23. The van der Waals surface area contributed by atoms with E-state index < -0.39 is 0 Å². The van der Waals surface area contributed by atoms with E-state index in [2.05, 4.69) is 4.98 Å². The molecule has 1 aliphatic carbocycles. The van der Waals surface area contributed by atoms with Crippen molar-refractivity contribution in [3.8, 4) is 0 Å². The molecule has 2 aromatic rings. The topological polar surface area (TPSA) is 43.6 Å². The van der Waals surface area contributed by atoms with Crippen molar-refractivity contribution in [2.75, 3.05) is 7.11 Å². The number of carbonyl (C=O) groups is 1. The van der Waals surface area contributed by atoms with E-state index in [1.807, 2.05) is 10.5 Å². The number of pyridine rings is 1. The number of nitrogens with zero attached hydrogens (tertiary/aromatic N) is 2. The van der Waals surface area contributed by atoms with Crippen LogP contribution in [0.25, 0.3) is 5.52 Å². The molecule has 0 bridgehead atoms. The zero-order valence-electron chi connectivity index (χ0n) is 10.0. The van der Waals surface area contributed by atoms with E-state index in [1.165, 1.54) is 13.5 Å². The molecule has 0 N–H and O–H groups in total. The molecule has 0 saturated heterocycles. The number of hydrogen-bond donors (Lipinski definition) is 0. The lowest BCUT2D eigenvalue weighted by atomic mass is 9.85. The van der Waals surface area contributed by atoms with Crippen molar-refractivity contribution in [3.63, 3.8) is 0 Å². The van der Waals surface area contributed by atoms with Gasteiger partial charge in [0.05, 0.1) is 18.2 Å². The summed E-state index contributed by atoms with van der Waals surface area (Å²) in [6.45, 7) is 0. The van der Waals surface area contributed by atoms with Crippen LogP contribution >= 0.6 is 11.6 Å². The molecule has 0 atom stereocenters. The van der Waals surface area contributed by atoms with Crippen LogP contribution < -0.4 is 0 Å². The molecular weight excluding hydrogens is 252 g/mol. The summed E-state index contributed by atoms with van der Waals surface area (Å²) in [4.78, 5) is 16.0. The Hall–Kier alpha value is -1.55. The molecule has 1 aliphatic rings. The first kappa shape index (κ1) is 11.5. The minimum atomic E-state index is -0.346. The first-order chi connectivity index (χ1) is 8.70. The molecule has 2 aromatic heterocycles. The summed E-state index contributed by atoms with van der Waals surface area (Å²) in [5, 5.41) is 0.494. The number of imidazole rings is 1. The lowest BCUT2D eigenvalue weighted by molar-refractivity contribution is 0.0600. The van der Waals surface area contributed by atoms with Crippen LogP contribution in [0.2, 0.25) is 5.15 Å². The highest BCUT2D eigenvalue weighted by atomic mass is 35.5. The minimum absolute atomic E-state index is 0.346. The Morgan fingerprint density at radius 3 is 2.89 bits per heavy atom. The highest BCUT2D eigenvalue weighted by Crippen LogP contribution is 2.37. The fourth-order valence-corrected chi connectivity index (χ4v) is 2.50. The number of esters is 1. The summed E-state index contributed by atoms with van der Waals surface area (Å²) < 4.78 is 6.64. The maximum absolute atomic E-state index is 11.5. The number of hydrogen-bond acceptors (Lipinski definition) is 3. The van der Waals surface area contributed by atoms with Crippen molar-refractivity contribution < 1.29 is 9.53 Å². The molecule has 1 fully saturated rings. The average molecular weight is 265 g/mol. The van der Waals surface area contributed by atoms with Gasteiger partial charge >= 0.3 is 5.97 Å². The van der Waals surface area contributed by atoms with Crippen molar-refractivity contribution in [2.24, 2.45) is 0 Å². The van der Waals surface area contributed by atoms with Crippen LogP contribution in [0, 0.1) is 0 Å². The van der Waals surface area contributed by atoms with E-state index in [0.717, 1.165) is 24.2 Å². The third-order valence-electron chi connectivity index (χ3n) is 3.51. The van der Waals surface area contributed by atoms with E-state index in [4.69, 9.17) is 16.3 Å². The maximum Gasteiger partial charge on any atom is 0.339 e. The Morgan fingerprint density at radius 1 is 1.50 bits per heavy atom. The smallest absolute Gasteiger partial charge is 0.339 e. The van der Waals surface area contributed by atoms with Gasteiger partial charge in [-0.3, -0.25) is 0 Å². The van der Waals surface area contributed by atoms with Crippen LogP contribution in [0.3, 0.4) is 0 Å². The van der Waals surface area contributed by atoms with E-state index in [0.29, 0.717) is 16.6 Å². The molecule has 1 saturated carbocycles. The Morgan fingerprint density at radius 2 is 2.28 bits per heavy atom. The molecule has 3 rings (SSSR count). The minimum Gasteiger partial charge on any atom is -0.465 e. The van der Waals surface area contributed by atoms with Crippen molar-refractivity contribution in [3.05, 3.63) is 34.9 Å². The van der Waals surface area contributed by atoms with Gasteiger partial charge < -0.3 is 9.14 Å². The number of methoxy groups -OCH3 is 1. The summed E-state index contributed by atoms with van der Waals surface area (Å²) in [5.74, 6) is 1.06. The van der Waals surface area contributed by atoms with Gasteiger partial charge in [0.1, 0.15) is 5.82 Å². The Bertz CT molecular complexity index is 617. The quantitative estimate of drug-likeness (QED) is 0.783. The van der Waals surface area contributed by atoms with Crippen LogP contribution in [0.1, 0.15) is 41.4 Å². The van der Waals surface area contributed by atoms with Crippen LogP contribution in [0.4, 0.5) is 0 Å². The fraction of sp³-hybridized carbons (Fsp3) is 0.385. The largest absolute Gasteiger partial charge is 0.465 e. The van der Waals surface area contributed by atoms with Gasteiger partial charge in [0, 0.05) is 12.1 Å². The molecule has 0 spiro atoms. The first-order valence-corrected chi connectivity index (χ1v) is 6.34. The monoisotopic (exact) mass is 264 g/mol. The van der Waals surface area contributed by atoms with E-state index in [-0.39, 0.29) is 5.97 Å². The average Bonchev–Trinajstić information content (AvgIpc) is 2.63. The molecule has 0 radical (unpaired) electrons. The molecule has 4 nitrogen and oxygen atoms in total. The summed E-state index contributed by atoms with van der Waals surface area (Å²) in [7, 11) is 1.38. The zero-order valence-corrected chi connectivity index (χ0v) is 10.8. The van der Waals surface area contributed by atoms with Crippen molar-refractivity contribution in [2.45, 2.75) is 25.2 Å². The standard InChI is InChI=1S/C13H13ClN2O2/c1-18-13(17)9-5-6-10-11(14)15-12(16(10)7-9)8-3-2-4-8/h5-8H,2-4H2,1H3. The van der Waals surface area contributed by atoms with Crippen LogP contribution in [-0.2, 0) is 4.74 Å². The summed E-state index contributed by atoms with van der Waals surface area (Å²) >= 11 is 6.12. The molecule has 2 heterocycles. The van der Waals surface area contributed by atoms with Gasteiger partial charge in [0.15, 0.2) is 5.15 Å². The molecule has 0 unspecified atom stereocenters. The van der Waals surface area contributed by atoms with Crippen molar-refractivity contribution in [1.82, 2.24) is 9.38 Å². The van der Waals surface area contributed by atoms with Gasteiger partial charge in [0.2, 0.25) is 0 Å². The van der Waals surface area contributed by atoms with Crippen LogP contribution in [0.15, 0.2) is 18.3 Å². The van der Waals surface area contributed by atoms with Gasteiger partial charge in [-0.25, -0.2) is 9.78 Å². The second-order valence-corrected chi connectivity index (χ2v) is 4.91. The van der Waals surface area contributed by atoms with Gasteiger partial charge in [0.25, 0.3) is 0 Å². The second kappa shape index (κ2) is 4.28. The number of aromatic nitrogens is 2. The van der Waals surface area contributed by atoms with E-state index in [1.54, 1.807) is 12.3 Å². The fourth-order valence-electron chi connectivity index (χ4n) is 2.26. The summed E-state index contributed by atoms with van der Waals surface area (Å²) in [6, 6.07) is 3.52. The van der Waals surface area contributed by atoms with Gasteiger partial charge in [-0.2, -0.15) is 0 Å². The lowest BCUT2D eigenvalue weighted by Crippen LogP contribution is -2.13. The first-order valence-electron chi connectivity index (χ1n) is 5.96. The molecular formula is C13H13ClN2O2. The van der Waals surface area contributed by atoms with E-state index >= 15 is 0 Å². The normalized spacial score (nSPS) is 15.7. The number of carbonyl (C=O) groups excluding carboxylic acids is 1. The summed E-state index contributed by atoms with van der Waals surface area (Å²) in [6.07, 6.45) is 5.26. The molecule has 18 heavy (non-hydrogen) atoms. The van der Waals surface area contributed by atoms with Crippen LogP contribution in [-0.4, -0.2) is 22.5 Å². The van der Waals surface area contributed by atoms with Gasteiger partial charge in [-0.1, -0.05) is 18.0 Å². The third kappa shape index (κ3) is 1.68. The SMILES string of the molecule is COC(=O)c1ccc2c(Cl)nc(C3CCC3)n2c1. The molecule has 0 aromatic carbocycles. The maximum atomic E-state index is 11.5. The number of fused-ring (bicyclic) bond motifs is 1. The van der Waals surface area contributed by atoms with Crippen molar-refractivity contribution in [1.29, 1.82) is 0 Å². The second-order valence-electron chi connectivity index (χ2n) is 4.55. The third-order valence-corrected chi connectivity index (χ3v) is 3.79. The molecule has 0 aliphatic heterocycles. The Labute approximate surface area is 110 Å². The van der Waals surface area contributed by atoms with E-state index in [9.17, 15) is 4.79 Å². The number of ether oxygens (including phenoxy) is 1. The number of rotatable bonds is 2. The van der Waals surface area contributed by atoms with Gasteiger partial charge in [-0.05, 0) is 25.0 Å². The highest BCUT2D eigenvalue weighted by Gasteiger charge is 2.25. The van der Waals surface area contributed by atoms with Crippen LogP contribution in [0.5, 0.6) is 0 Å². The predicted molar refractivity (Wildman–Crippen MR) is 68.1 cm³/mol. The number of halogens is 1. The zero-order chi connectivity index (χ0) is 12.7. The summed E-state index contributed by atoms with van der Waals surface area (Å²) in [5.41, 5.74) is 1.35.